The summed E-state index contributed by atoms with van der Waals surface area (Å²) in [7, 11) is 0. The minimum Gasteiger partial charge on any atom is -0.379 e. The number of nitrogens with one attached hydrogen (secondary N) is 5. The Balaban J connectivity index is 0.000000131. The second kappa shape index (κ2) is 43.8. The molecule has 5 aromatic carbocycles. The third-order valence-corrected chi connectivity index (χ3v) is 32.0. The van der Waals surface area contributed by atoms with E-state index in [1.54, 1.807) is 155 Å². The number of pyridine rings is 4. The van der Waals surface area contributed by atoms with E-state index in [2.05, 4.69) is 81.4 Å². The van der Waals surface area contributed by atoms with Crippen molar-refractivity contribution in [2.24, 2.45) is 53.6 Å². The first-order valence-electron chi connectivity index (χ1n) is 47.3. The van der Waals surface area contributed by atoms with Crippen molar-refractivity contribution in [3.05, 3.63) is 291 Å². The number of rotatable bonds is 15. The molecule has 5 aromatic heterocycles. The number of nitrogens with two attached hydrogens (primary N) is 5. The molecule has 5 amide bonds. The van der Waals surface area contributed by atoms with Crippen LogP contribution in [-0.2, 0) is 51.4 Å². The van der Waals surface area contributed by atoms with Crippen molar-refractivity contribution in [1.29, 1.82) is 0 Å². The summed E-state index contributed by atoms with van der Waals surface area (Å²) in [6.07, 6.45) is 9.00. The number of alkyl halides is 5. The number of amides is 5. The van der Waals surface area contributed by atoms with Crippen molar-refractivity contribution in [3.8, 4) is 0 Å². The molecule has 0 unspecified atom stereocenters. The van der Waals surface area contributed by atoms with Gasteiger partial charge in [-0.1, -0.05) is 126 Å². The Hall–Kier alpha value is -12.5. The summed E-state index contributed by atoms with van der Waals surface area (Å²) in [5.41, 5.74) is 24.9. The van der Waals surface area contributed by atoms with Crippen LogP contribution in [0.4, 0.5) is 59.2 Å². The standard InChI is InChI=1S/C21H22F2N4O2S.3C21H23FN4O2S.C20H21F2N5O2S/c1-12-6-16(22)17(25-9-12)18(28)26-15-5-3-4-14(7-15)21-10-29-13(2)8-20(21,23)11-30-19(24)27-21;3*1-13-6-7-17(24-10-13)18(27)25-16-5-3-4-15(8-16)21-11-28-14(2)9-20(21,22)12-29-19(23)26-21;1-11-7-25-16(8-24-11)17(28)26-15-4-13(3-14(21)5-15)20-9-29-12(2)6-19(20,22)10-30-18(23)27-20/h3-7,9,13H,8,10-11H2,1-2H3,(H2,24,27)(H,26,28);3*3-8,10,14H,9,11-12H2,1-2H3,(H2,23,26)(H,25,27);3-5,7-8,12H,6,9-10H2,1-2H3,(H2,23,27)(H,26,28)/t13-,20+,21+;3*14-,20+,21+;12-,19+,20+/m00000/s1. The third-order valence-electron chi connectivity index (χ3n) is 27.1. The number of halogens is 7. The quantitative estimate of drug-likeness (QED) is 0.0426. The lowest BCUT2D eigenvalue weighted by molar-refractivity contribution is -0.106. The number of anilines is 5. The first-order chi connectivity index (χ1) is 69.9. The van der Waals surface area contributed by atoms with E-state index in [1.165, 1.54) is 83.8 Å². The predicted octanol–water partition coefficient (Wildman–Crippen LogP) is 16.8. The van der Waals surface area contributed by atoms with Crippen molar-refractivity contribution >= 4 is 143 Å². The van der Waals surface area contributed by atoms with Gasteiger partial charge in [0.05, 0.1) is 75.4 Å². The fourth-order valence-corrected chi connectivity index (χ4v) is 24.1. The first-order valence-corrected chi connectivity index (χ1v) is 52.2. The average molecular weight is 2110 g/mol. The van der Waals surface area contributed by atoms with Gasteiger partial charge in [0.15, 0.2) is 65.7 Å². The topological polar surface area (TPSA) is 461 Å². The highest BCUT2D eigenvalue weighted by atomic mass is 32.2. The molecule has 0 radical (unpaired) electrons. The number of ether oxygens (including phenoxy) is 5. The number of benzene rings is 5. The van der Waals surface area contributed by atoms with Gasteiger partial charge in [-0.3, -0.25) is 43.9 Å². The minimum atomic E-state index is -1.77. The lowest BCUT2D eigenvalue weighted by atomic mass is 9.73. The van der Waals surface area contributed by atoms with Crippen molar-refractivity contribution in [2.45, 2.75) is 188 Å². The fraction of sp³-hybridized carbons (Fsp3) is 0.385. The number of carbonyl (C=O) groups is 5. The number of carbonyl (C=O) groups excluding carboxylic acids is 5. The number of hydrogen-bond acceptors (Lipinski definition) is 31. The van der Waals surface area contributed by atoms with E-state index in [0.717, 1.165) is 34.5 Å². The smallest absolute Gasteiger partial charge is 0.277 e. The number of aromatic nitrogens is 6. The third kappa shape index (κ3) is 22.9. The molecular weight excluding hydrogens is 2000 g/mol. The molecule has 0 bridgehead atoms. The lowest BCUT2D eigenvalue weighted by Gasteiger charge is -2.49. The molecule has 20 rings (SSSR count). The van der Waals surface area contributed by atoms with Crippen molar-refractivity contribution < 1.29 is 78.4 Å². The fourth-order valence-electron chi connectivity index (χ4n) is 19.3. The van der Waals surface area contributed by atoms with Crippen LogP contribution in [0.3, 0.4) is 0 Å². The Kier molecular flexibility index (Phi) is 31.9. The Morgan fingerprint density at radius 3 is 0.864 bits per heavy atom. The van der Waals surface area contributed by atoms with Crippen LogP contribution < -0.4 is 55.3 Å². The molecule has 147 heavy (non-hydrogen) atoms. The second-order valence-electron chi connectivity index (χ2n) is 38.3. The zero-order valence-electron chi connectivity index (χ0n) is 82.0. The molecule has 10 aliphatic heterocycles. The molecular formula is C104H112F7N21O10S5. The monoisotopic (exact) mass is 2110 g/mol. The van der Waals surface area contributed by atoms with Gasteiger partial charge in [0.1, 0.15) is 56.3 Å². The Bertz CT molecular complexity index is 6430. The lowest BCUT2D eigenvalue weighted by Crippen LogP contribution is -2.60. The predicted molar refractivity (Wildman–Crippen MR) is 563 cm³/mol. The molecule has 15 heterocycles. The zero-order chi connectivity index (χ0) is 105. The molecule has 31 nitrogen and oxygen atoms in total. The van der Waals surface area contributed by atoms with E-state index in [4.69, 9.17) is 52.4 Å². The highest BCUT2D eigenvalue weighted by Gasteiger charge is 2.65. The number of aryl methyl sites for hydroxylation is 5. The van der Waals surface area contributed by atoms with E-state index in [0.29, 0.717) is 94.0 Å². The number of thioether (sulfide) groups is 5. The van der Waals surface area contributed by atoms with Gasteiger partial charge in [-0.25, -0.2) is 65.7 Å². The molecule has 43 heteroatoms. The van der Waals surface area contributed by atoms with Gasteiger partial charge in [0, 0.05) is 120 Å². The van der Waals surface area contributed by atoms with Gasteiger partial charge >= 0.3 is 0 Å². The normalized spacial score (nSPS) is 28.7. The SMILES string of the molecule is Cc1ccc(C(=O)Nc2cccc([C@]34CO[C@@H](C)C[C@@]3(F)CSC(N)=N4)c2)nc1.Cc1ccc(C(=O)Nc2cccc([C@]34CO[C@@H](C)C[C@@]3(F)CSC(N)=N4)c2)nc1.Cc1ccc(C(=O)Nc2cccc([C@]34CO[C@@H](C)C[C@@]3(F)CSC(N)=N4)c2)nc1.Cc1cnc(C(=O)Nc2cc(F)cc([C@]34CO[C@@H](C)C[C@@]3(F)CSC(N)=N4)c2)cn1.Cc1cnc(C(=O)Nc2cccc([C@]34CO[C@@H](C)C[C@@]3(F)CSC(N)=N4)c2)c(F)c1. The maximum atomic E-state index is 16.1. The van der Waals surface area contributed by atoms with Gasteiger partial charge in [-0.05, 0) is 210 Å². The van der Waals surface area contributed by atoms with Crippen molar-refractivity contribution in [3.63, 3.8) is 0 Å². The molecule has 0 aliphatic carbocycles. The minimum absolute atomic E-state index is 0.0392. The van der Waals surface area contributed by atoms with E-state index < -0.39 is 79.5 Å². The van der Waals surface area contributed by atoms with Gasteiger partial charge in [0.25, 0.3) is 29.5 Å². The van der Waals surface area contributed by atoms with Crippen LogP contribution in [-0.4, -0.2) is 206 Å². The van der Waals surface area contributed by atoms with Crippen LogP contribution >= 0.6 is 58.8 Å². The zero-order valence-corrected chi connectivity index (χ0v) is 86.1. The Morgan fingerprint density at radius 1 is 0.306 bits per heavy atom. The van der Waals surface area contributed by atoms with E-state index >= 15 is 22.0 Å². The Morgan fingerprint density at radius 2 is 0.578 bits per heavy atom. The van der Waals surface area contributed by atoms with Crippen LogP contribution in [0.15, 0.2) is 220 Å². The maximum Gasteiger partial charge on any atom is 0.277 e. The molecule has 15 atom stereocenters. The summed E-state index contributed by atoms with van der Waals surface area (Å²) in [6, 6.07) is 43.5. The van der Waals surface area contributed by atoms with Gasteiger partial charge in [-0.2, -0.15) is 0 Å². The maximum absolute atomic E-state index is 16.1. The number of aliphatic imine (C=N–C) groups is 5. The molecule has 10 aliphatic rings. The molecule has 5 saturated heterocycles. The number of amidine groups is 5. The molecule has 5 fully saturated rings. The van der Waals surface area contributed by atoms with Crippen LogP contribution in [0.5, 0.6) is 0 Å². The van der Waals surface area contributed by atoms with Crippen LogP contribution in [0.25, 0.3) is 0 Å². The van der Waals surface area contributed by atoms with E-state index in [-0.39, 0.29) is 170 Å². The van der Waals surface area contributed by atoms with E-state index in [1.807, 2.05) is 66.7 Å². The van der Waals surface area contributed by atoms with Crippen molar-refractivity contribution in [2.75, 3.05) is 88.4 Å². The molecule has 0 spiro atoms. The first kappa shape index (κ1) is 107. The number of hydrogen-bond donors (Lipinski definition) is 10. The molecule has 10 aromatic rings. The van der Waals surface area contributed by atoms with Gasteiger partial charge in [-0.15, -0.1) is 0 Å². The summed E-state index contributed by atoms with van der Waals surface area (Å²) < 4.78 is 138. The van der Waals surface area contributed by atoms with Crippen LogP contribution in [0.1, 0.15) is 175 Å². The summed E-state index contributed by atoms with van der Waals surface area (Å²) in [6.45, 7) is 18.6. The summed E-state index contributed by atoms with van der Waals surface area (Å²) in [4.78, 5) is 109. The van der Waals surface area contributed by atoms with Crippen molar-refractivity contribution in [1.82, 2.24) is 29.9 Å². The van der Waals surface area contributed by atoms with Crippen LogP contribution in [0.2, 0.25) is 0 Å². The number of fused-ring (bicyclic) bond motifs is 5. The largest absolute Gasteiger partial charge is 0.379 e. The van der Waals surface area contributed by atoms with Gasteiger partial charge < -0.3 is 78.9 Å². The summed E-state index contributed by atoms with van der Waals surface area (Å²) in [5.74, 6) is -2.66. The Labute approximate surface area is 866 Å². The van der Waals surface area contributed by atoms with Gasteiger partial charge in [0.2, 0.25) is 0 Å². The summed E-state index contributed by atoms with van der Waals surface area (Å²) >= 11 is 6.01. The highest BCUT2D eigenvalue weighted by Crippen LogP contribution is 2.58. The number of nitrogens with zero attached hydrogens (tertiary/aromatic N) is 11. The average Bonchev–Trinajstić information content (AvgIpc) is 0.732. The van der Waals surface area contributed by atoms with E-state index in [9.17, 15) is 32.8 Å². The molecule has 0 saturated carbocycles. The summed E-state index contributed by atoms with van der Waals surface area (Å²) in [5, 5.41) is 15.3. The highest BCUT2D eigenvalue weighted by molar-refractivity contribution is 8.15. The molecule has 15 N–H and O–H groups in total. The molecule has 772 valence electrons. The van der Waals surface area contributed by atoms with Crippen LogP contribution in [0, 0.1) is 46.3 Å². The second-order valence-corrected chi connectivity index (χ2v) is 43.3.